The van der Waals surface area contributed by atoms with E-state index in [1.165, 1.54) is 14.0 Å². The van der Waals surface area contributed by atoms with Crippen LogP contribution < -0.4 is 0 Å². The SMILES string of the molecule is COC[C@]12CC[C@@H](OC)[C@]34C([C@H]([C@@H](OC)[C@@H]13)[C@@]1(OC(C)=O)[C@H]3[C@@H](OC(=O)c5ccccc5)[C@](O)(C[C@H]34)[C@@H](OC)[C@@H]1O)N(C)C2. The second kappa shape index (κ2) is 10.2. The Morgan fingerprint density at radius 1 is 1.02 bits per heavy atom. The number of likely N-dealkylation sites (tertiary alicyclic amines) is 1. The maximum absolute atomic E-state index is 13.7. The zero-order chi connectivity index (χ0) is 31.4. The molecular weight excluding hydrogens is 570 g/mol. The summed E-state index contributed by atoms with van der Waals surface area (Å²) in [5.41, 5.74) is -3.93. The summed E-state index contributed by atoms with van der Waals surface area (Å²) in [4.78, 5) is 29.2. The number of nitrogens with zero attached hydrogens (tertiary/aromatic N) is 1. The third-order valence-electron chi connectivity index (χ3n) is 12.8. The van der Waals surface area contributed by atoms with Crippen LogP contribution in [0.3, 0.4) is 0 Å². The van der Waals surface area contributed by atoms with Crippen LogP contribution in [0.2, 0.25) is 0 Å². The lowest BCUT2D eigenvalue weighted by molar-refractivity contribution is -0.316. The Morgan fingerprint density at radius 3 is 2.36 bits per heavy atom. The van der Waals surface area contributed by atoms with Gasteiger partial charge < -0.3 is 43.5 Å². The van der Waals surface area contributed by atoms with Gasteiger partial charge in [-0.25, -0.2) is 4.79 Å². The van der Waals surface area contributed by atoms with Crippen molar-refractivity contribution < 1.29 is 48.2 Å². The van der Waals surface area contributed by atoms with Crippen molar-refractivity contribution in [1.29, 1.82) is 0 Å². The maximum atomic E-state index is 13.7. The largest absolute Gasteiger partial charge is 0.455 e. The van der Waals surface area contributed by atoms with Crippen molar-refractivity contribution in [3.63, 3.8) is 0 Å². The molecule has 242 valence electrons. The van der Waals surface area contributed by atoms with Crippen LogP contribution in [-0.4, -0.2) is 123 Å². The summed E-state index contributed by atoms with van der Waals surface area (Å²) in [6.45, 7) is 2.56. The molecule has 11 heteroatoms. The quantitative estimate of drug-likeness (QED) is 0.410. The molecule has 44 heavy (non-hydrogen) atoms. The average Bonchev–Trinajstić information content (AvgIpc) is 3.39. The minimum atomic E-state index is -1.76. The lowest BCUT2D eigenvalue weighted by Gasteiger charge is -2.69. The number of ether oxygens (including phenoxy) is 6. The molecule has 1 aromatic carbocycles. The molecule has 1 heterocycles. The third kappa shape index (κ3) is 3.41. The van der Waals surface area contributed by atoms with Crippen LogP contribution in [0, 0.1) is 34.5 Å². The van der Waals surface area contributed by atoms with E-state index in [2.05, 4.69) is 11.9 Å². The second-order valence-corrected chi connectivity index (χ2v) is 14.2. The molecular formula is C33H45NO10. The maximum Gasteiger partial charge on any atom is 0.338 e. The standard InChI is InChI=1S/C33H45NO10/c1-17(35)44-33-21-19(14-31(38,28(42-6)26(33)36)27(21)43-29(37)18-10-8-7-9-11-18)32-20(40-4)12-13-30(16-39-3)15-34(2)25(32)22(33)23(41-5)24(30)32/h7-11,19-28,36,38H,12-16H2,1-6H3/t19-,20-,21-,22+,23-,24+,25?,26+,27-,28+,30-,31-,32+,33+/m1/s1. The Hall–Kier alpha value is -2.12. The van der Waals surface area contributed by atoms with Crippen LogP contribution in [-0.2, 0) is 33.2 Å². The lowest BCUT2D eigenvalue weighted by Crippen LogP contribution is -2.80. The Morgan fingerprint density at radius 2 is 1.75 bits per heavy atom. The topological polar surface area (TPSA) is 133 Å². The fourth-order valence-electron chi connectivity index (χ4n) is 12.3. The number of carbonyl (C=O) groups excluding carboxylic acids is 2. The van der Waals surface area contributed by atoms with Crippen molar-refractivity contribution in [2.24, 2.45) is 34.5 Å². The Labute approximate surface area is 258 Å². The molecule has 1 spiro atoms. The molecule has 7 bridgehead atoms. The molecule has 5 saturated carbocycles. The first-order valence-corrected chi connectivity index (χ1v) is 15.7. The fraction of sp³-hybridized carbons (Fsp3) is 0.758. The van der Waals surface area contributed by atoms with Crippen LogP contribution in [0.25, 0.3) is 0 Å². The summed E-state index contributed by atoms with van der Waals surface area (Å²) >= 11 is 0. The summed E-state index contributed by atoms with van der Waals surface area (Å²) in [5, 5.41) is 25.1. The number of aliphatic hydroxyl groups excluding tert-OH is 1. The minimum absolute atomic E-state index is 0.103. The van der Waals surface area contributed by atoms with E-state index in [-0.39, 0.29) is 35.8 Å². The van der Waals surface area contributed by atoms with Crippen molar-refractivity contribution in [1.82, 2.24) is 4.90 Å². The van der Waals surface area contributed by atoms with Crippen LogP contribution in [0.4, 0.5) is 0 Å². The van der Waals surface area contributed by atoms with Gasteiger partial charge in [0.15, 0.2) is 5.60 Å². The van der Waals surface area contributed by atoms with E-state index in [0.717, 1.165) is 19.4 Å². The van der Waals surface area contributed by atoms with Gasteiger partial charge >= 0.3 is 11.9 Å². The molecule has 2 N–H and O–H groups in total. The number of methoxy groups -OCH3 is 4. The smallest absolute Gasteiger partial charge is 0.338 e. The van der Waals surface area contributed by atoms with Crippen molar-refractivity contribution in [3.05, 3.63) is 35.9 Å². The van der Waals surface area contributed by atoms with E-state index in [1.807, 2.05) is 6.07 Å². The van der Waals surface area contributed by atoms with Crippen molar-refractivity contribution in [3.8, 4) is 0 Å². The molecule has 1 aromatic rings. The monoisotopic (exact) mass is 615 g/mol. The molecule has 0 amide bonds. The second-order valence-electron chi connectivity index (χ2n) is 14.2. The molecule has 6 fully saturated rings. The highest BCUT2D eigenvalue weighted by molar-refractivity contribution is 5.89. The van der Waals surface area contributed by atoms with Gasteiger partial charge in [0, 0.05) is 76.5 Å². The number of fused-ring (bicyclic) bond motifs is 2. The predicted octanol–water partition coefficient (Wildman–Crippen LogP) is 1.29. The summed E-state index contributed by atoms with van der Waals surface area (Å²) in [6, 6.07) is 8.39. The Balaban J connectivity index is 1.51. The molecule has 1 unspecified atom stereocenters. The van der Waals surface area contributed by atoms with Crippen molar-refractivity contribution in [2.75, 3.05) is 48.6 Å². The number of esters is 2. The first kappa shape index (κ1) is 30.5. The highest BCUT2D eigenvalue weighted by atomic mass is 16.6. The summed E-state index contributed by atoms with van der Waals surface area (Å²) < 4.78 is 37.5. The molecule has 0 aromatic heterocycles. The number of piperidine rings is 1. The molecule has 7 rings (SSSR count). The van der Waals surface area contributed by atoms with E-state index in [9.17, 15) is 19.8 Å². The predicted molar refractivity (Wildman–Crippen MR) is 154 cm³/mol. The molecule has 5 aliphatic carbocycles. The Kier molecular flexibility index (Phi) is 7.07. The highest BCUT2D eigenvalue weighted by Gasteiger charge is 2.91. The average molecular weight is 616 g/mol. The summed E-state index contributed by atoms with van der Waals surface area (Å²) in [6.07, 6.45) is -2.66. The van der Waals surface area contributed by atoms with Gasteiger partial charge in [0.25, 0.3) is 0 Å². The van der Waals surface area contributed by atoms with Gasteiger partial charge in [-0.05, 0) is 44.4 Å². The number of rotatable bonds is 8. The molecule has 6 aliphatic rings. The minimum Gasteiger partial charge on any atom is -0.455 e. The number of hydrogen-bond acceptors (Lipinski definition) is 11. The van der Waals surface area contributed by atoms with Gasteiger partial charge in [-0.2, -0.15) is 0 Å². The zero-order valence-electron chi connectivity index (χ0n) is 26.3. The van der Waals surface area contributed by atoms with Gasteiger partial charge in [0.05, 0.1) is 24.4 Å². The van der Waals surface area contributed by atoms with Crippen molar-refractivity contribution in [2.45, 2.75) is 73.9 Å². The number of carbonyl (C=O) groups is 2. The van der Waals surface area contributed by atoms with Gasteiger partial charge in [-0.3, -0.25) is 4.79 Å². The highest BCUT2D eigenvalue weighted by Crippen LogP contribution is 2.80. The van der Waals surface area contributed by atoms with Crippen LogP contribution in [0.1, 0.15) is 36.5 Å². The van der Waals surface area contributed by atoms with E-state index >= 15 is 0 Å². The van der Waals surface area contributed by atoms with E-state index in [1.54, 1.807) is 45.6 Å². The van der Waals surface area contributed by atoms with Gasteiger partial charge in [0.1, 0.15) is 23.9 Å². The van der Waals surface area contributed by atoms with Gasteiger partial charge in [-0.15, -0.1) is 0 Å². The molecule has 1 aliphatic heterocycles. The normalized spacial score (nSPS) is 49.9. The van der Waals surface area contributed by atoms with Crippen LogP contribution in [0.5, 0.6) is 0 Å². The first-order chi connectivity index (χ1) is 21.0. The Bertz CT molecular complexity index is 1310. The van der Waals surface area contributed by atoms with E-state index < -0.39 is 64.8 Å². The number of aliphatic hydroxyl groups is 2. The van der Waals surface area contributed by atoms with Gasteiger partial charge in [-0.1, -0.05) is 18.2 Å². The number of hydrogen-bond donors (Lipinski definition) is 2. The summed E-state index contributed by atoms with van der Waals surface area (Å²) in [5.74, 6) is -2.96. The molecule has 1 saturated heterocycles. The fourth-order valence-corrected chi connectivity index (χ4v) is 12.3. The van der Waals surface area contributed by atoms with Crippen LogP contribution in [0.15, 0.2) is 30.3 Å². The first-order valence-electron chi connectivity index (χ1n) is 15.7. The van der Waals surface area contributed by atoms with Crippen molar-refractivity contribution >= 4 is 11.9 Å². The molecule has 14 atom stereocenters. The van der Waals surface area contributed by atoms with Crippen LogP contribution >= 0.6 is 0 Å². The summed E-state index contributed by atoms with van der Waals surface area (Å²) in [7, 11) is 8.63. The van der Waals surface area contributed by atoms with E-state index in [0.29, 0.717) is 12.2 Å². The third-order valence-corrected chi connectivity index (χ3v) is 12.8. The zero-order valence-corrected chi connectivity index (χ0v) is 26.3. The van der Waals surface area contributed by atoms with E-state index in [4.69, 9.17) is 28.4 Å². The van der Waals surface area contributed by atoms with Gasteiger partial charge in [0.2, 0.25) is 0 Å². The molecule has 11 nitrogen and oxygen atoms in total. The lowest BCUT2D eigenvalue weighted by atomic mass is 9.43. The number of benzene rings is 1. The molecule has 0 radical (unpaired) electrons.